The molecule has 0 fully saturated rings. The van der Waals surface area contributed by atoms with Crippen molar-refractivity contribution >= 4 is 18.9 Å². The van der Waals surface area contributed by atoms with Crippen molar-refractivity contribution < 1.29 is 0 Å². The second-order valence-electron chi connectivity index (χ2n) is 3.60. The minimum Gasteiger partial charge on any atom is -0.290 e. The number of hydrogen-bond donors (Lipinski definition) is 0. The first-order chi connectivity index (χ1) is 6.44. The SMILES string of the molecule is CCN(C)[Si](Cl)(N(C)CC)N(C)CC. The number of halogens is 1. The molecule has 0 atom stereocenters. The van der Waals surface area contributed by atoms with E-state index in [2.05, 4.69) is 55.6 Å². The molecule has 0 saturated heterocycles. The second kappa shape index (κ2) is 6.08. The normalized spacial score (nSPS) is 13.3. The van der Waals surface area contributed by atoms with Gasteiger partial charge in [-0.3, -0.25) is 13.7 Å². The summed E-state index contributed by atoms with van der Waals surface area (Å²) in [5.74, 6) is 0. The fourth-order valence-electron chi connectivity index (χ4n) is 1.48. The molecule has 0 aromatic rings. The van der Waals surface area contributed by atoms with Gasteiger partial charge in [-0.1, -0.05) is 20.8 Å². The lowest BCUT2D eigenvalue weighted by molar-refractivity contribution is 0.340. The van der Waals surface area contributed by atoms with Gasteiger partial charge in [-0.25, -0.2) is 0 Å². The molecule has 5 heteroatoms. The Hall–Kier alpha value is 0.387. The monoisotopic (exact) mass is 237 g/mol. The number of hydrogen-bond acceptors (Lipinski definition) is 3. The third-order valence-corrected chi connectivity index (χ3v) is 9.34. The molecule has 0 amide bonds. The van der Waals surface area contributed by atoms with E-state index in [-0.39, 0.29) is 0 Å². The smallest absolute Gasteiger partial charge is 0.290 e. The van der Waals surface area contributed by atoms with Crippen molar-refractivity contribution in [3.05, 3.63) is 0 Å². The van der Waals surface area contributed by atoms with Crippen LogP contribution in [0.3, 0.4) is 0 Å². The van der Waals surface area contributed by atoms with E-state index < -0.39 is 7.87 Å². The minimum absolute atomic E-state index is 0.990. The third kappa shape index (κ3) is 2.70. The predicted octanol–water partition coefficient (Wildman–Crippen LogP) is 1.52. The zero-order valence-corrected chi connectivity index (χ0v) is 12.1. The largest absolute Gasteiger partial charge is 0.392 e. The molecule has 0 aromatic heterocycles. The van der Waals surface area contributed by atoms with Crippen molar-refractivity contribution in [1.82, 2.24) is 13.7 Å². The molecule has 0 bridgehead atoms. The third-order valence-electron chi connectivity index (χ3n) is 2.88. The van der Waals surface area contributed by atoms with Crippen LogP contribution in [0.2, 0.25) is 0 Å². The maximum absolute atomic E-state index is 6.81. The predicted molar refractivity (Wildman–Crippen MR) is 66.5 cm³/mol. The Kier molecular flexibility index (Phi) is 6.24. The molecular weight excluding hydrogens is 214 g/mol. The van der Waals surface area contributed by atoms with Crippen LogP contribution in [0.1, 0.15) is 20.8 Å². The molecule has 0 aliphatic heterocycles. The van der Waals surface area contributed by atoms with Crippen molar-refractivity contribution in [3.63, 3.8) is 0 Å². The van der Waals surface area contributed by atoms with Crippen molar-refractivity contribution in [2.75, 3.05) is 40.8 Å². The Morgan fingerprint density at radius 3 is 1.14 bits per heavy atom. The Morgan fingerprint density at radius 1 is 0.786 bits per heavy atom. The van der Waals surface area contributed by atoms with E-state index >= 15 is 0 Å². The van der Waals surface area contributed by atoms with E-state index in [9.17, 15) is 0 Å². The Morgan fingerprint density at radius 2 is 1.00 bits per heavy atom. The molecule has 0 unspecified atom stereocenters. The molecule has 0 aliphatic carbocycles. The maximum atomic E-state index is 6.81. The van der Waals surface area contributed by atoms with Crippen molar-refractivity contribution in [1.29, 1.82) is 0 Å². The molecule has 86 valence electrons. The Balaban J connectivity index is 4.83. The lowest BCUT2D eigenvalue weighted by Gasteiger charge is -2.44. The van der Waals surface area contributed by atoms with Gasteiger partial charge in [0.25, 0.3) is 0 Å². The van der Waals surface area contributed by atoms with Crippen LogP contribution in [0.4, 0.5) is 0 Å². The number of nitrogens with zero attached hydrogens (tertiary/aromatic N) is 3. The average Bonchev–Trinajstić information content (AvgIpc) is 2.24. The van der Waals surface area contributed by atoms with Gasteiger partial charge in [0.2, 0.25) is 0 Å². The quantitative estimate of drug-likeness (QED) is 0.513. The van der Waals surface area contributed by atoms with Gasteiger partial charge in [0.05, 0.1) is 0 Å². The first-order valence-corrected chi connectivity index (χ1v) is 8.12. The van der Waals surface area contributed by atoms with Crippen LogP contribution in [0.5, 0.6) is 0 Å². The van der Waals surface area contributed by atoms with E-state index in [1.54, 1.807) is 0 Å². The van der Waals surface area contributed by atoms with Crippen LogP contribution < -0.4 is 0 Å². The molecule has 0 radical (unpaired) electrons. The Labute approximate surface area is 94.6 Å². The van der Waals surface area contributed by atoms with Gasteiger partial charge in [0.15, 0.2) is 0 Å². The summed E-state index contributed by atoms with van der Waals surface area (Å²) < 4.78 is 6.84. The van der Waals surface area contributed by atoms with Crippen LogP contribution in [-0.4, -0.2) is 62.3 Å². The molecule has 0 saturated carbocycles. The van der Waals surface area contributed by atoms with Crippen LogP contribution in [-0.2, 0) is 0 Å². The highest BCUT2D eigenvalue weighted by Gasteiger charge is 2.44. The lowest BCUT2D eigenvalue weighted by Crippen LogP contribution is -2.68. The zero-order valence-electron chi connectivity index (χ0n) is 10.3. The molecule has 0 N–H and O–H groups in total. The van der Waals surface area contributed by atoms with Crippen LogP contribution in [0.25, 0.3) is 0 Å². The molecule has 0 rings (SSSR count). The highest BCUT2D eigenvalue weighted by molar-refractivity contribution is 7.15. The van der Waals surface area contributed by atoms with E-state index in [1.807, 2.05) is 0 Å². The fourth-order valence-corrected chi connectivity index (χ4v) is 5.51. The lowest BCUT2D eigenvalue weighted by atomic mass is 10.8. The minimum atomic E-state index is -2.09. The molecular formula is C9H24ClN3Si. The van der Waals surface area contributed by atoms with Gasteiger partial charge >= 0.3 is 7.87 Å². The van der Waals surface area contributed by atoms with Gasteiger partial charge < -0.3 is 0 Å². The van der Waals surface area contributed by atoms with Crippen molar-refractivity contribution in [2.24, 2.45) is 0 Å². The summed E-state index contributed by atoms with van der Waals surface area (Å²) in [6.45, 7) is 9.42. The summed E-state index contributed by atoms with van der Waals surface area (Å²) in [5.41, 5.74) is 0. The average molecular weight is 238 g/mol. The molecule has 0 spiro atoms. The summed E-state index contributed by atoms with van der Waals surface area (Å²) in [6.07, 6.45) is 0. The standard InChI is InChI=1S/C9H24ClN3Si/c1-7-11(4)14(10,12(5)8-2)13(6)9-3/h7-9H2,1-6H3. The van der Waals surface area contributed by atoms with Gasteiger partial charge in [-0.05, 0) is 40.8 Å². The first kappa shape index (κ1) is 14.4. The summed E-state index contributed by atoms with van der Waals surface area (Å²) >= 11 is 6.81. The first-order valence-electron chi connectivity index (χ1n) is 5.27. The summed E-state index contributed by atoms with van der Waals surface area (Å²) in [4.78, 5) is 0. The summed E-state index contributed by atoms with van der Waals surface area (Å²) in [6, 6.07) is 0. The molecule has 14 heavy (non-hydrogen) atoms. The van der Waals surface area contributed by atoms with Crippen molar-refractivity contribution in [3.8, 4) is 0 Å². The highest BCUT2D eigenvalue weighted by Crippen LogP contribution is 2.20. The van der Waals surface area contributed by atoms with Gasteiger partial charge in [-0.2, -0.15) is 0 Å². The highest BCUT2D eigenvalue weighted by atomic mass is 35.6. The molecule has 0 aliphatic rings. The molecule has 0 aromatic carbocycles. The van der Waals surface area contributed by atoms with Crippen LogP contribution >= 0.6 is 11.1 Å². The Bertz CT molecular complexity index is 142. The van der Waals surface area contributed by atoms with E-state index in [0.717, 1.165) is 19.6 Å². The van der Waals surface area contributed by atoms with E-state index in [1.165, 1.54) is 0 Å². The van der Waals surface area contributed by atoms with Crippen molar-refractivity contribution in [2.45, 2.75) is 20.8 Å². The summed E-state index contributed by atoms with van der Waals surface area (Å²) in [7, 11) is 4.24. The fraction of sp³-hybridized carbons (Fsp3) is 1.00. The number of rotatable bonds is 6. The maximum Gasteiger partial charge on any atom is 0.392 e. The van der Waals surface area contributed by atoms with Gasteiger partial charge in [-0.15, -0.1) is 11.1 Å². The van der Waals surface area contributed by atoms with Gasteiger partial charge in [0.1, 0.15) is 0 Å². The topological polar surface area (TPSA) is 9.72 Å². The molecule has 0 heterocycles. The van der Waals surface area contributed by atoms with E-state index in [4.69, 9.17) is 11.1 Å². The van der Waals surface area contributed by atoms with Crippen LogP contribution in [0, 0.1) is 0 Å². The van der Waals surface area contributed by atoms with E-state index in [0.29, 0.717) is 0 Å². The summed E-state index contributed by atoms with van der Waals surface area (Å²) in [5, 5.41) is 0. The second-order valence-corrected chi connectivity index (χ2v) is 8.51. The molecule has 3 nitrogen and oxygen atoms in total. The van der Waals surface area contributed by atoms with Crippen LogP contribution in [0.15, 0.2) is 0 Å². The van der Waals surface area contributed by atoms with Gasteiger partial charge in [0, 0.05) is 0 Å². The zero-order chi connectivity index (χ0) is 11.4.